The fourth-order valence-corrected chi connectivity index (χ4v) is 4.78. The Morgan fingerprint density at radius 2 is 1.42 bits per heavy atom. The number of hydrogen-bond acceptors (Lipinski definition) is 7. The number of Topliss-reactive ketones (excluding diaryl/α,β-unsaturated/α-hetero) is 1. The molecule has 0 spiro atoms. The van der Waals surface area contributed by atoms with Crippen LogP contribution in [0.4, 0.5) is 0 Å². The fraction of sp³-hybridized carbons (Fsp3) is 0.276. The normalized spacial score (nSPS) is 23.6. The van der Waals surface area contributed by atoms with Gasteiger partial charge in [-0.2, -0.15) is 0 Å². The second-order valence-corrected chi connectivity index (χ2v) is 9.26. The number of benzene rings is 3. The van der Waals surface area contributed by atoms with Gasteiger partial charge in [0.1, 0.15) is 24.9 Å². The van der Waals surface area contributed by atoms with Gasteiger partial charge < -0.3 is 19.7 Å². The number of carbonyl (C=O) groups excluding carboxylic acids is 3. The van der Waals surface area contributed by atoms with Crippen LogP contribution in [0.2, 0.25) is 0 Å². The summed E-state index contributed by atoms with van der Waals surface area (Å²) in [7, 11) is 0. The molecule has 36 heavy (non-hydrogen) atoms. The number of aliphatic hydroxyl groups is 1. The summed E-state index contributed by atoms with van der Waals surface area (Å²) in [5.41, 5.74) is 0.0718. The van der Waals surface area contributed by atoms with Gasteiger partial charge in [-0.1, -0.05) is 72.8 Å². The number of phenols is 1. The van der Waals surface area contributed by atoms with Crippen LogP contribution in [-0.4, -0.2) is 33.5 Å². The summed E-state index contributed by atoms with van der Waals surface area (Å²) in [5.74, 6) is -5.89. The number of hydrogen-bond donors (Lipinski definition) is 2. The summed E-state index contributed by atoms with van der Waals surface area (Å²) in [5, 5.41) is 21.4. The van der Waals surface area contributed by atoms with Crippen molar-refractivity contribution in [1.29, 1.82) is 0 Å². The highest BCUT2D eigenvalue weighted by atomic mass is 16.5. The Kier molecular flexibility index (Phi) is 7.50. The van der Waals surface area contributed by atoms with E-state index >= 15 is 0 Å². The molecule has 0 saturated heterocycles. The van der Waals surface area contributed by atoms with E-state index in [9.17, 15) is 24.6 Å². The molecule has 1 saturated carbocycles. The van der Waals surface area contributed by atoms with E-state index < -0.39 is 47.5 Å². The number of ketones is 1. The van der Waals surface area contributed by atoms with Gasteiger partial charge in [-0.25, -0.2) is 0 Å². The molecule has 0 amide bonds. The summed E-state index contributed by atoms with van der Waals surface area (Å²) in [6, 6.07) is 24.1. The molecule has 4 atom stereocenters. The van der Waals surface area contributed by atoms with E-state index in [0.29, 0.717) is 5.56 Å². The second kappa shape index (κ2) is 10.7. The van der Waals surface area contributed by atoms with Gasteiger partial charge >= 0.3 is 11.9 Å². The summed E-state index contributed by atoms with van der Waals surface area (Å²) in [6.45, 7) is 1.31. The van der Waals surface area contributed by atoms with E-state index in [-0.39, 0.29) is 19.0 Å². The molecular weight excluding hydrogens is 460 g/mol. The zero-order valence-electron chi connectivity index (χ0n) is 19.9. The van der Waals surface area contributed by atoms with Crippen LogP contribution < -0.4 is 0 Å². The Labute approximate surface area is 209 Å². The maximum atomic E-state index is 13.4. The largest absolute Gasteiger partial charge is 0.508 e. The van der Waals surface area contributed by atoms with Gasteiger partial charge in [-0.15, -0.1) is 0 Å². The van der Waals surface area contributed by atoms with Gasteiger partial charge in [0.05, 0.1) is 11.5 Å². The maximum absolute atomic E-state index is 13.4. The number of aromatic hydroxyl groups is 1. The van der Waals surface area contributed by atoms with E-state index in [0.717, 1.165) is 11.1 Å². The summed E-state index contributed by atoms with van der Waals surface area (Å²) < 4.78 is 11.0. The number of rotatable bonds is 7. The molecule has 4 rings (SSSR count). The molecule has 2 N–H and O–H groups in total. The molecule has 3 aromatic rings. The van der Waals surface area contributed by atoms with Crippen molar-refractivity contribution in [3.63, 3.8) is 0 Å². The van der Waals surface area contributed by atoms with Crippen molar-refractivity contribution in [2.75, 3.05) is 0 Å². The minimum absolute atomic E-state index is 0.0317. The summed E-state index contributed by atoms with van der Waals surface area (Å²) in [4.78, 5) is 39.9. The lowest BCUT2D eigenvalue weighted by Crippen LogP contribution is -2.55. The Hall–Kier alpha value is -3.97. The van der Waals surface area contributed by atoms with Gasteiger partial charge in [-0.05, 0) is 35.7 Å². The van der Waals surface area contributed by atoms with Crippen molar-refractivity contribution in [2.24, 2.45) is 11.8 Å². The first-order valence-corrected chi connectivity index (χ1v) is 11.7. The van der Waals surface area contributed by atoms with Crippen molar-refractivity contribution in [1.82, 2.24) is 0 Å². The number of carbonyl (C=O) groups is 3. The van der Waals surface area contributed by atoms with E-state index in [1.807, 2.05) is 24.3 Å². The van der Waals surface area contributed by atoms with Crippen LogP contribution in [0.5, 0.6) is 5.75 Å². The van der Waals surface area contributed by atoms with E-state index in [4.69, 9.17) is 9.47 Å². The molecule has 0 aromatic heterocycles. The third-order valence-corrected chi connectivity index (χ3v) is 6.48. The van der Waals surface area contributed by atoms with Gasteiger partial charge in [0.2, 0.25) is 0 Å². The van der Waals surface area contributed by atoms with Gasteiger partial charge in [0, 0.05) is 12.3 Å². The Morgan fingerprint density at radius 3 is 1.97 bits per heavy atom. The van der Waals surface area contributed by atoms with E-state index in [2.05, 4.69) is 0 Å². The minimum atomic E-state index is -1.78. The molecule has 0 bridgehead atoms. The molecule has 186 valence electrons. The predicted molar refractivity (Wildman–Crippen MR) is 131 cm³/mol. The molecule has 1 aliphatic rings. The quantitative estimate of drug-likeness (QED) is 0.383. The number of ether oxygens (including phenoxy) is 2. The lowest BCUT2D eigenvalue weighted by atomic mass is 9.61. The van der Waals surface area contributed by atoms with Crippen molar-refractivity contribution >= 4 is 17.7 Å². The lowest BCUT2D eigenvalue weighted by molar-refractivity contribution is -0.174. The van der Waals surface area contributed by atoms with Crippen molar-refractivity contribution in [2.45, 2.75) is 38.1 Å². The van der Waals surface area contributed by atoms with Crippen LogP contribution in [0.1, 0.15) is 36.0 Å². The SMILES string of the molecule is C[C@]1(O)CC(=O)[C@H](C(=O)OCc2ccccc2)[C@H](c2cccc(O)c2)[C@H]1C(=O)OCc1ccccc1. The van der Waals surface area contributed by atoms with Crippen molar-refractivity contribution in [3.05, 3.63) is 102 Å². The number of esters is 2. The monoisotopic (exact) mass is 488 g/mol. The van der Waals surface area contributed by atoms with Crippen LogP contribution in [0.25, 0.3) is 0 Å². The molecule has 0 heterocycles. The van der Waals surface area contributed by atoms with Gasteiger partial charge in [0.25, 0.3) is 0 Å². The van der Waals surface area contributed by atoms with Crippen LogP contribution in [0.3, 0.4) is 0 Å². The maximum Gasteiger partial charge on any atom is 0.317 e. The van der Waals surface area contributed by atoms with Crippen LogP contribution in [0, 0.1) is 11.8 Å². The first kappa shape index (κ1) is 25.1. The third kappa shape index (κ3) is 5.63. The molecule has 7 heteroatoms. The highest BCUT2D eigenvalue weighted by Gasteiger charge is 2.57. The summed E-state index contributed by atoms with van der Waals surface area (Å²) in [6.07, 6.45) is -0.418. The Bertz CT molecular complexity index is 1220. The fourth-order valence-electron chi connectivity index (χ4n) is 4.78. The first-order valence-electron chi connectivity index (χ1n) is 11.7. The predicted octanol–water partition coefficient (Wildman–Crippen LogP) is 3.92. The van der Waals surface area contributed by atoms with Crippen molar-refractivity contribution < 1.29 is 34.1 Å². The first-order chi connectivity index (χ1) is 17.3. The second-order valence-electron chi connectivity index (χ2n) is 9.26. The van der Waals surface area contributed by atoms with E-state index in [1.54, 1.807) is 48.5 Å². The molecule has 0 unspecified atom stereocenters. The average Bonchev–Trinajstić information content (AvgIpc) is 2.86. The number of phenolic OH excluding ortho intramolecular Hbond substituents is 1. The van der Waals surface area contributed by atoms with Crippen LogP contribution in [0.15, 0.2) is 84.9 Å². The minimum Gasteiger partial charge on any atom is -0.508 e. The molecule has 1 fully saturated rings. The molecule has 1 aliphatic carbocycles. The average molecular weight is 489 g/mol. The van der Waals surface area contributed by atoms with Crippen LogP contribution >= 0.6 is 0 Å². The molecule has 3 aromatic carbocycles. The topological polar surface area (TPSA) is 110 Å². The molecular formula is C29H28O7. The molecule has 7 nitrogen and oxygen atoms in total. The lowest BCUT2D eigenvalue weighted by Gasteiger charge is -2.43. The Balaban J connectivity index is 1.66. The highest BCUT2D eigenvalue weighted by molar-refractivity contribution is 6.02. The van der Waals surface area contributed by atoms with E-state index in [1.165, 1.54) is 19.1 Å². The summed E-state index contributed by atoms with van der Waals surface area (Å²) >= 11 is 0. The molecule has 0 aliphatic heterocycles. The smallest absolute Gasteiger partial charge is 0.317 e. The molecule has 0 radical (unpaired) electrons. The standard InChI is InChI=1S/C29H28O7/c1-29(34)16-23(31)25(27(32)35-17-19-9-4-2-5-10-19)24(21-13-8-14-22(30)15-21)26(29)28(33)36-18-20-11-6-3-7-12-20/h2-15,24-26,30,34H,16-18H2,1H3/t24-,25-,26-,29-/m0/s1. The Morgan fingerprint density at radius 1 is 0.861 bits per heavy atom. The zero-order valence-corrected chi connectivity index (χ0v) is 19.9. The van der Waals surface area contributed by atoms with Crippen LogP contribution in [-0.2, 0) is 37.1 Å². The van der Waals surface area contributed by atoms with Crippen molar-refractivity contribution in [3.8, 4) is 5.75 Å². The van der Waals surface area contributed by atoms with Gasteiger partial charge in [-0.3, -0.25) is 14.4 Å². The highest BCUT2D eigenvalue weighted by Crippen LogP contribution is 2.47. The van der Waals surface area contributed by atoms with Gasteiger partial charge in [0.15, 0.2) is 5.78 Å². The zero-order chi connectivity index (χ0) is 25.7. The third-order valence-electron chi connectivity index (χ3n) is 6.48.